The van der Waals surface area contributed by atoms with Crippen LogP contribution in [0.3, 0.4) is 0 Å². The number of hydrogen-bond donors (Lipinski definition) is 1. The van der Waals surface area contributed by atoms with E-state index < -0.39 is 0 Å². The van der Waals surface area contributed by atoms with Gasteiger partial charge in [0.1, 0.15) is 0 Å². The molecule has 0 unspecified atom stereocenters. The third-order valence-electron chi connectivity index (χ3n) is 3.00. The molecule has 0 saturated carbocycles. The molecule has 0 saturated heterocycles. The van der Waals surface area contributed by atoms with Gasteiger partial charge in [0.2, 0.25) is 0 Å². The summed E-state index contributed by atoms with van der Waals surface area (Å²) in [6, 6.07) is 6.34. The number of nitrogens with one attached hydrogen (secondary N) is 1. The fourth-order valence-electron chi connectivity index (χ4n) is 1.85. The van der Waals surface area contributed by atoms with Gasteiger partial charge in [-0.15, -0.1) is 0 Å². The summed E-state index contributed by atoms with van der Waals surface area (Å²) in [6.07, 6.45) is 1.84. The molecule has 0 aliphatic rings. The molecule has 0 fully saturated rings. The Bertz CT molecular complexity index is 526. The van der Waals surface area contributed by atoms with Crippen LogP contribution in [0.15, 0.2) is 24.4 Å². The molecule has 0 aliphatic heterocycles. The van der Waals surface area contributed by atoms with Gasteiger partial charge in [0, 0.05) is 12.7 Å². The van der Waals surface area contributed by atoms with Gasteiger partial charge in [-0.2, -0.15) is 5.10 Å². The zero-order valence-corrected chi connectivity index (χ0v) is 11.8. The maximum atomic E-state index is 6.03. The highest BCUT2D eigenvalue weighted by Crippen LogP contribution is 2.18. The lowest BCUT2D eigenvalue weighted by Gasteiger charge is -2.09. The lowest BCUT2D eigenvalue weighted by Crippen LogP contribution is -2.12. The van der Waals surface area contributed by atoms with Crippen molar-refractivity contribution in [1.82, 2.24) is 15.1 Å². The average molecular weight is 264 g/mol. The second-order valence-corrected chi connectivity index (χ2v) is 4.81. The largest absolute Gasteiger partial charge is 0.313 e. The van der Waals surface area contributed by atoms with Gasteiger partial charge in [0.05, 0.1) is 16.4 Å². The molecule has 0 amide bonds. The normalized spacial score (nSPS) is 10.9. The minimum Gasteiger partial charge on any atom is -0.313 e. The highest BCUT2D eigenvalue weighted by Gasteiger charge is 2.05. The van der Waals surface area contributed by atoms with E-state index in [-0.39, 0.29) is 0 Å². The van der Waals surface area contributed by atoms with Crippen molar-refractivity contribution in [3.8, 4) is 5.69 Å². The first kappa shape index (κ1) is 13.1. The minimum atomic E-state index is 0.698. The third-order valence-corrected chi connectivity index (χ3v) is 3.37. The maximum Gasteiger partial charge on any atom is 0.0819 e. The standard InChI is InChI=1S/C14H18ClN3/c1-4-16-8-12-5-6-13(7-10(12)2)18-9-14(15)11(3)17-18/h5-7,9,16H,4,8H2,1-3H3. The van der Waals surface area contributed by atoms with E-state index in [1.165, 1.54) is 11.1 Å². The van der Waals surface area contributed by atoms with Crippen LogP contribution < -0.4 is 5.32 Å². The predicted molar refractivity (Wildman–Crippen MR) is 75.4 cm³/mol. The van der Waals surface area contributed by atoms with Crippen LogP contribution in [0.1, 0.15) is 23.7 Å². The zero-order chi connectivity index (χ0) is 13.1. The van der Waals surface area contributed by atoms with E-state index in [0.717, 1.165) is 24.5 Å². The molecule has 2 aromatic rings. The third kappa shape index (κ3) is 2.74. The van der Waals surface area contributed by atoms with Crippen LogP contribution in [0.4, 0.5) is 0 Å². The van der Waals surface area contributed by atoms with Gasteiger partial charge in [-0.25, -0.2) is 4.68 Å². The van der Waals surface area contributed by atoms with Gasteiger partial charge >= 0.3 is 0 Å². The van der Waals surface area contributed by atoms with Gasteiger partial charge in [0.25, 0.3) is 0 Å². The quantitative estimate of drug-likeness (QED) is 0.918. The van der Waals surface area contributed by atoms with Crippen molar-refractivity contribution < 1.29 is 0 Å². The van der Waals surface area contributed by atoms with E-state index >= 15 is 0 Å². The van der Waals surface area contributed by atoms with Gasteiger partial charge in [-0.1, -0.05) is 24.6 Å². The highest BCUT2D eigenvalue weighted by atomic mass is 35.5. The monoisotopic (exact) mass is 263 g/mol. The topological polar surface area (TPSA) is 29.9 Å². The van der Waals surface area contributed by atoms with Gasteiger partial charge in [-0.05, 0) is 43.7 Å². The number of aromatic nitrogens is 2. The van der Waals surface area contributed by atoms with E-state index in [9.17, 15) is 0 Å². The summed E-state index contributed by atoms with van der Waals surface area (Å²) in [5.74, 6) is 0. The van der Waals surface area contributed by atoms with Crippen LogP contribution >= 0.6 is 11.6 Å². The van der Waals surface area contributed by atoms with Crippen molar-refractivity contribution in [2.24, 2.45) is 0 Å². The Kier molecular flexibility index (Phi) is 4.04. The summed E-state index contributed by atoms with van der Waals surface area (Å²) >= 11 is 6.03. The average Bonchev–Trinajstić information content (AvgIpc) is 2.68. The highest BCUT2D eigenvalue weighted by molar-refractivity contribution is 6.31. The van der Waals surface area contributed by atoms with E-state index in [2.05, 4.69) is 42.5 Å². The second-order valence-electron chi connectivity index (χ2n) is 4.40. The molecule has 96 valence electrons. The molecule has 3 nitrogen and oxygen atoms in total. The Balaban J connectivity index is 2.28. The summed E-state index contributed by atoms with van der Waals surface area (Å²) in [7, 11) is 0. The van der Waals surface area contributed by atoms with Crippen LogP contribution in [0.2, 0.25) is 5.02 Å². The molecule has 4 heteroatoms. The number of nitrogens with zero attached hydrogens (tertiary/aromatic N) is 2. The molecule has 0 atom stereocenters. The fourth-order valence-corrected chi connectivity index (χ4v) is 1.98. The molecule has 1 aromatic heterocycles. The molecule has 0 aliphatic carbocycles. The van der Waals surface area contributed by atoms with Crippen molar-refractivity contribution in [3.05, 3.63) is 46.2 Å². The molecule has 0 radical (unpaired) electrons. The van der Waals surface area contributed by atoms with Crippen molar-refractivity contribution in [2.45, 2.75) is 27.3 Å². The Morgan fingerprint density at radius 3 is 2.67 bits per heavy atom. The second kappa shape index (κ2) is 5.55. The fraction of sp³-hybridized carbons (Fsp3) is 0.357. The molecular weight excluding hydrogens is 246 g/mol. The number of hydrogen-bond acceptors (Lipinski definition) is 2. The summed E-state index contributed by atoms with van der Waals surface area (Å²) in [5, 5.41) is 8.42. The van der Waals surface area contributed by atoms with Crippen LogP contribution in [-0.4, -0.2) is 16.3 Å². The lowest BCUT2D eigenvalue weighted by molar-refractivity contribution is 0.723. The first-order valence-electron chi connectivity index (χ1n) is 6.14. The molecule has 0 bridgehead atoms. The molecule has 18 heavy (non-hydrogen) atoms. The van der Waals surface area contributed by atoms with E-state index in [1.807, 2.05) is 17.8 Å². The Morgan fingerprint density at radius 1 is 1.33 bits per heavy atom. The number of benzene rings is 1. The first-order chi connectivity index (χ1) is 8.61. The molecule has 2 rings (SSSR count). The molecule has 1 heterocycles. The molecular formula is C14H18ClN3. The SMILES string of the molecule is CCNCc1ccc(-n2cc(Cl)c(C)n2)cc1C. The van der Waals surface area contributed by atoms with Crippen molar-refractivity contribution >= 4 is 11.6 Å². The smallest absolute Gasteiger partial charge is 0.0819 e. The van der Waals surface area contributed by atoms with Crippen molar-refractivity contribution in [2.75, 3.05) is 6.54 Å². The Labute approximate surface area is 113 Å². The number of rotatable bonds is 4. The van der Waals surface area contributed by atoms with Gasteiger partial charge in [0.15, 0.2) is 0 Å². The van der Waals surface area contributed by atoms with Crippen LogP contribution in [-0.2, 0) is 6.54 Å². The lowest BCUT2D eigenvalue weighted by atomic mass is 10.1. The summed E-state index contributed by atoms with van der Waals surface area (Å²) in [5.41, 5.74) is 4.47. The Hall–Kier alpha value is -1.32. The van der Waals surface area contributed by atoms with Crippen molar-refractivity contribution in [1.29, 1.82) is 0 Å². The van der Waals surface area contributed by atoms with E-state index in [1.54, 1.807) is 0 Å². The van der Waals surface area contributed by atoms with Gasteiger partial charge < -0.3 is 5.32 Å². The van der Waals surface area contributed by atoms with Crippen LogP contribution in [0.25, 0.3) is 5.69 Å². The van der Waals surface area contributed by atoms with E-state index in [0.29, 0.717) is 5.02 Å². The molecule has 1 N–H and O–H groups in total. The van der Waals surface area contributed by atoms with Gasteiger partial charge in [-0.3, -0.25) is 0 Å². The summed E-state index contributed by atoms with van der Waals surface area (Å²) in [4.78, 5) is 0. The summed E-state index contributed by atoms with van der Waals surface area (Å²) < 4.78 is 1.82. The van der Waals surface area contributed by atoms with E-state index in [4.69, 9.17) is 11.6 Å². The first-order valence-corrected chi connectivity index (χ1v) is 6.52. The molecule has 1 aromatic carbocycles. The summed E-state index contributed by atoms with van der Waals surface area (Å²) in [6.45, 7) is 8.02. The number of halogens is 1. The predicted octanol–water partition coefficient (Wildman–Crippen LogP) is 3.25. The van der Waals surface area contributed by atoms with Crippen molar-refractivity contribution in [3.63, 3.8) is 0 Å². The molecule has 0 spiro atoms. The minimum absolute atomic E-state index is 0.698. The maximum absolute atomic E-state index is 6.03. The van der Waals surface area contributed by atoms with Crippen LogP contribution in [0.5, 0.6) is 0 Å². The number of aryl methyl sites for hydroxylation is 2. The Morgan fingerprint density at radius 2 is 2.11 bits per heavy atom. The zero-order valence-electron chi connectivity index (χ0n) is 11.0. The van der Waals surface area contributed by atoms with Crippen LogP contribution in [0, 0.1) is 13.8 Å².